The van der Waals surface area contributed by atoms with Crippen LogP contribution in [0.4, 0.5) is 0 Å². The first-order valence-electron chi connectivity index (χ1n) is 8.13. The molecule has 1 aromatic heterocycles. The molecule has 22 heavy (non-hydrogen) atoms. The van der Waals surface area contributed by atoms with Crippen molar-refractivity contribution in [3.63, 3.8) is 0 Å². The van der Waals surface area contributed by atoms with E-state index in [0.717, 1.165) is 43.4 Å². The largest absolute Gasteiger partial charge is 0.326 e. The molecule has 1 N–H and O–H groups in total. The van der Waals surface area contributed by atoms with Crippen LogP contribution in [-0.2, 0) is 6.42 Å². The Kier molecular flexibility index (Phi) is 5.35. The minimum absolute atomic E-state index is 0. The lowest BCUT2D eigenvalue weighted by atomic mass is 9.93. The lowest BCUT2D eigenvalue weighted by Gasteiger charge is -2.39. The highest BCUT2D eigenvalue weighted by Gasteiger charge is 2.32. The third-order valence-electron chi connectivity index (χ3n) is 4.70. The second kappa shape index (κ2) is 6.88. The number of nitrogens with zero attached hydrogens (tertiary/aromatic N) is 2. The summed E-state index contributed by atoms with van der Waals surface area (Å²) in [7, 11) is 0. The molecule has 5 heteroatoms. The molecule has 4 nitrogen and oxygen atoms in total. The van der Waals surface area contributed by atoms with Gasteiger partial charge >= 0.3 is 5.69 Å². The Morgan fingerprint density at radius 1 is 1.27 bits per heavy atom. The summed E-state index contributed by atoms with van der Waals surface area (Å²) in [6.45, 7) is 8.85. The summed E-state index contributed by atoms with van der Waals surface area (Å²) < 4.78 is 1.97. The topological polar surface area (TPSA) is 41.0 Å². The van der Waals surface area contributed by atoms with Crippen molar-refractivity contribution < 1.29 is 0 Å². The van der Waals surface area contributed by atoms with E-state index in [4.69, 9.17) is 0 Å². The van der Waals surface area contributed by atoms with E-state index in [-0.39, 0.29) is 24.1 Å². The van der Waals surface area contributed by atoms with Gasteiger partial charge < -0.3 is 4.98 Å². The van der Waals surface area contributed by atoms with Gasteiger partial charge in [-0.1, -0.05) is 26.0 Å². The molecule has 0 aliphatic carbocycles. The number of aromatic amines is 1. The summed E-state index contributed by atoms with van der Waals surface area (Å²) in [5, 5.41) is 0. The van der Waals surface area contributed by atoms with Gasteiger partial charge in [-0.05, 0) is 50.9 Å². The van der Waals surface area contributed by atoms with Crippen LogP contribution in [0.15, 0.2) is 23.0 Å². The maximum atomic E-state index is 12.3. The molecular weight excluding hydrogens is 298 g/mol. The Labute approximate surface area is 137 Å². The Morgan fingerprint density at radius 2 is 1.95 bits per heavy atom. The summed E-state index contributed by atoms with van der Waals surface area (Å²) in [6.07, 6.45) is 3.35. The molecular formula is C17H26ClN3O. The standard InChI is InChI=1S/C17H25N3O.ClH/c1-4-9-19(10-5-2)15-11-13-7-6-8-14-16(13)20(12(15)3)17(21)18-14;/h6-8,12,15H,4-5,9-11H2,1-3H3,(H,18,21);1H. The molecule has 2 atom stereocenters. The maximum Gasteiger partial charge on any atom is 0.326 e. The molecule has 2 aromatic rings. The van der Waals surface area contributed by atoms with Gasteiger partial charge in [0, 0.05) is 6.04 Å². The zero-order chi connectivity index (χ0) is 15.0. The van der Waals surface area contributed by atoms with Crippen LogP contribution in [0.25, 0.3) is 11.0 Å². The molecule has 2 heterocycles. The molecule has 0 fully saturated rings. The van der Waals surface area contributed by atoms with Crippen molar-refractivity contribution in [2.45, 2.75) is 52.1 Å². The van der Waals surface area contributed by atoms with Crippen LogP contribution in [0.3, 0.4) is 0 Å². The molecule has 0 radical (unpaired) electrons. The number of benzene rings is 1. The van der Waals surface area contributed by atoms with Gasteiger partial charge in [-0.3, -0.25) is 9.47 Å². The lowest BCUT2D eigenvalue weighted by Crippen LogP contribution is -2.46. The van der Waals surface area contributed by atoms with Crippen LogP contribution in [-0.4, -0.2) is 33.6 Å². The van der Waals surface area contributed by atoms with E-state index < -0.39 is 0 Å². The highest BCUT2D eigenvalue weighted by molar-refractivity contribution is 5.85. The number of nitrogens with one attached hydrogen (secondary N) is 1. The second-order valence-electron chi connectivity index (χ2n) is 6.16. The number of halogens is 1. The van der Waals surface area contributed by atoms with Crippen molar-refractivity contribution >= 4 is 23.4 Å². The molecule has 0 spiro atoms. The summed E-state index contributed by atoms with van der Waals surface area (Å²) in [4.78, 5) is 17.9. The molecule has 1 aromatic carbocycles. The molecule has 122 valence electrons. The predicted molar refractivity (Wildman–Crippen MR) is 94.2 cm³/mol. The van der Waals surface area contributed by atoms with Crippen molar-refractivity contribution in [2.24, 2.45) is 0 Å². The minimum Gasteiger partial charge on any atom is -0.306 e. The molecule has 3 rings (SSSR count). The SMILES string of the molecule is CCCN(CCC)C1Cc2cccc3[nH]c(=O)n(c23)C1C.Cl. The van der Waals surface area contributed by atoms with Gasteiger partial charge in [0.1, 0.15) is 0 Å². The maximum absolute atomic E-state index is 12.3. The highest BCUT2D eigenvalue weighted by atomic mass is 35.5. The number of aromatic nitrogens is 2. The first-order chi connectivity index (χ1) is 10.2. The number of H-pyrrole nitrogens is 1. The van der Waals surface area contributed by atoms with Gasteiger partial charge in [0.2, 0.25) is 0 Å². The molecule has 0 amide bonds. The van der Waals surface area contributed by atoms with E-state index in [1.807, 2.05) is 10.6 Å². The second-order valence-corrected chi connectivity index (χ2v) is 6.16. The smallest absolute Gasteiger partial charge is 0.306 e. The zero-order valence-corrected chi connectivity index (χ0v) is 14.4. The van der Waals surface area contributed by atoms with Crippen molar-refractivity contribution in [1.82, 2.24) is 14.5 Å². The molecule has 1 aliphatic rings. The van der Waals surface area contributed by atoms with Gasteiger partial charge in [0.05, 0.1) is 17.1 Å². The quantitative estimate of drug-likeness (QED) is 0.916. The number of imidazole rings is 1. The fraction of sp³-hybridized carbons (Fsp3) is 0.588. The van der Waals surface area contributed by atoms with Crippen molar-refractivity contribution in [1.29, 1.82) is 0 Å². The zero-order valence-electron chi connectivity index (χ0n) is 13.6. The Morgan fingerprint density at radius 3 is 2.59 bits per heavy atom. The van der Waals surface area contributed by atoms with E-state index in [2.05, 4.69) is 42.8 Å². The highest BCUT2D eigenvalue weighted by Crippen LogP contribution is 2.31. The van der Waals surface area contributed by atoms with E-state index in [1.54, 1.807) is 0 Å². The monoisotopic (exact) mass is 323 g/mol. The average molecular weight is 324 g/mol. The van der Waals surface area contributed by atoms with Gasteiger partial charge in [-0.25, -0.2) is 4.79 Å². The molecule has 2 unspecified atom stereocenters. The van der Waals surface area contributed by atoms with Gasteiger partial charge in [-0.15, -0.1) is 12.4 Å². The predicted octanol–water partition coefficient (Wildman–Crippen LogP) is 3.36. The number of hydrogen-bond donors (Lipinski definition) is 1. The summed E-state index contributed by atoms with van der Waals surface area (Å²) in [6, 6.07) is 6.85. The van der Waals surface area contributed by atoms with E-state index in [9.17, 15) is 4.79 Å². The number of rotatable bonds is 5. The van der Waals surface area contributed by atoms with Crippen molar-refractivity contribution in [3.05, 3.63) is 34.2 Å². The van der Waals surface area contributed by atoms with Crippen molar-refractivity contribution in [3.8, 4) is 0 Å². The van der Waals surface area contributed by atoms with Crippen LogP contribution in [0, 0.1) is 0 Å². The van der Waals surface area contributed by atoms with Crippen LogP contribution < -0.4 is 5.69 Å². The fourth-order valence-electron chi connectivity index (χ4n) is 3.83. The Hall–Kier alpha value is -1.26. The van der Waals surface area contributed by atoms with E-state index in [1.165, 1.54) is 5.56 Å². The van der Waals surface area contributed by atoms with Crippen LogP contribution in [0.2, 0.25) is 0 Å². The fourth-order valence-corrected chi connectivity index (χ4v) is 3.83. The van der Waals surface area contributed by atoms with Gasteiger partial charge in [0.25, 0.3) is 0 Å². The summed E-state index contributed by atoms with van der Waals surface area (Å²) in [5.41, 5.74) is 3.41. The van der Waals surface area contributed by atoms with Crippen LogP contribution in [0.5, 0.6) is 0 Å². The average Bonchev–Trinajstić information content (AvgIpc) is 2.80. The van der Waals surface area contributed by atoms with Crippen LogP contribution >= 0.6 is 12.4 Å². The molecule has 0 saturated carbocycles. The first-order valence-corrected chi connectivity index (χ1v) is 8.13. The van der Waals surface area contributed by atoms with Crippen molar-refractivity contribution in [2.75, 3.05) is 13.1 Å². The third-order valence-corrected chi connectivity index (χ3v) is 4.70. The third kappa shape index (κ3) is 2.70. The molecule has 1 aliphatic heterocycles. The number of hydrogen-bond acceptors (Lipinski definition) is 2. The molecule has 0 saturated heterocycles. The molecule has 0 bridgehead atoms. The summed E-state index contributed by atoms with van der Waals surface area (Å²) >= 11 is 0. The Balaban J connectivity index is 0.00000176. The lowest BCUT2D eigenvalue weighted by molar-refractivity contribution is 0.144. The van der Waals surface area contributed by atoms with Gasteiger partial charge in [-0.2, -0.15) is 0 Å². The number of para-hydroxylation sites is 1. The van der Waals surface area contributed by atoms with E-state index >= 15 is 0 Å². The Bertz CT molecular complexity index is 685. The van der Waals surface area contributed by atoms with Crippen LogP contribution in [0.1, 0.15) is 45.2 Å². The first kappa shape index (κ1) is 17.1. The summed E-state index contributed by atoms with van der Waals surface area (Å²) in [5.74, 6) is 0. The van der Waals surface area contributed by atoms with Gasteiger partial charge in [0.15, 0.2) is 0 Å². The normalized spacial score (nSPS) is 20.4. The van der Waals surface area contributed by atoms with E-state index in [0.29, 0.717) is 6.04 Å². The minimum atomic E-state index is 0.